The summed E-state index contributed by atoms with van der Waals surface area (Å²) in [5.41, 5.74) is -4.18. The molecule has 3 rings (SSSR count). The highest BCUT2D eigenvalue weighted by Gasteiger charge is 2.71. The van der Waals surface area contributed by atoms with E-state index in [4.69, 9.17) is 4.42 Å². The molecule has 10 heteroatoms. The van der Waals surface area contributed by atoms with Gasteiger partial charge in [0.1, 0.15) is 11.5 Å². The molecule has 2 aromatic carbocycles. The number of aliphatic hydroxyl groups is 1. The SMILES string of the molecule is CCN(c1ccc(C(O)(C(F)(F)F)C(F)(F)F)cc1)C(CCc1ccccc1)c1ncoc1C. The fourth-order valence-corrected chi connectivity index (χ4v) is 3.99. The Morgan fingerprint density at radius 2 is 1.53 bits per heavy atom. The van der Waals surface area contributed by atoms with Gasteiger partial charge in [-0.1, -0.05) is 42.5 Å². The van der Waals surface area contributed by atoms with Crippen LogP contribution in [0.15, 0.2) is 65.4 Å². The molecule has 184 valence electrons. The average Bonchev–Trinajstić information content (AvgIpc) is 3.21. The van der Waals surface area contributed by atoms with Crippen molar-refractivity contribution in [2.75, 3.05) is 11.4 Å². The van der Waals surface area contributed by atoms with Crippen molar-refractivity contribution in [1.29, 1.82) is 0 Å². The fourth-order valence-electron chi connectivity index (χ4n) is 3.99. The van der Waals surface area contributed by atoms with Gasteiger partial charge in [-0.3, -0.25) is 0 Å². The van der Waals surface area contributed by atoms with Crippen LogP contribution in [0.5, 0.6) is 0 Å². The molecule has 0 spiro atoms. The smallest absolute Gasteiger partial charge is 0.430 e. The number of oxazole rings is 1. The second-order valence-electron chi connectivity index (χ2n) is 7.87. The van der Waals surface area contributed by atoms with E-state index >= 15 is 0 Å². The van der Waals surface area contributed by atoms with Crippen molar-refractivity contribution in [2.45, 2.75) is 50.7 Å². The zero-order valence-electron chi connectivity index (χ0n) is 18.5. The number of halogens is 6. The van der Waals surface area contributed by atoms with E-state index in [2.05, 4.69) is 4.98 Å². The third-order valence-corrected chi connectivity index (χ3v) is 5.80. The van der Waals surface area contributed by atoms with Crippen LogP contribution in [0.3, 0.4) is 0 Å². The zero-order chi connectivity index (χ0) is 25.1. The summed E-state index contributed by atoms with van der Waals surface area (Å²) in [4.78, 5) is 6.13. The van der Waals surface area contributed by atoms with Crippen molar-refractivity contribution < 1.29 is 35.9 Å². The van der Waals surface area contributed by atoms with Crippen molar-refractivity contribution >= 4 is 5.69 Å². The topological polar surface area (TPSA) is 49.5 Å². The van der Waals surface area contributed by atoms with Gasteiger partial charge < -0.3 is 14.4 Å². The maximum absolute atomic E-state index is 13.2. The minimum absolute atomic E-state index is 0.348. The Hall–Kier alpha value is -3.01. The number of hydrogen-bond acceptors (Lipinski definition) is 4. The summed E-state index contributed by atoms with van der Waals surface area (Å²) in [7, 11) is 0. The molecule has 0 aliphatic carbocycles. The normalized spacial score (nSPS) is 13.7. The van der Waals surface area contributed by atoms with Crippen LogP contribution in [0.1, 0.15) is 42.0 Å². The van der Waals surface area contributed by atoms with E-state index in [0.717, 1.165) is 17.7 Å². The second kappa shape index (κ2) is 9.69. The van der Waals surface area contributed by atoms with Crippen molar-refractivity contribution in [3.8, 4) is 0 Å². The first-order valence-corrected chi connectivity index (χ1v) is 10.6. The van der Waals surface area contributed by atoms with Crippen LogP contribution in [0, 0.1) is 6.92 Å². The maximum Gasteiger partial charge on any atom is 0.430 e. The molecule has 1 heterocycles. The summed E-state index contributed by atoms with van der Waals surface area (Å²) in [6.45, 7) is 3.95. The molecule has 1 N–H and O–H groups in total. The van der Waals surface area contributed by atoms with Crippen LogP contribution in [0.2, 0.25) is 0 Å². The Morgan fingerprint density at radius 3 is 2.00 bits per heavy atom. The standard InChI is InChI=1S/C24H24F6N2O2/c1-3-32(19-12-10-18(11-13-19)22(33,23(25,26)27)24(28,29)30)20(21-16(2)34-15-31-21)14-9-17-7-5-4-6-8-17/h4-8,10-13,15,20,33H,3,9,14H2,1-2H3. The third-order valence-electron chi connectivity index (χ3n) is 5.80. The summed E-state index contributed by atoms with van der Waals surface area (Å²) in [6.07, 6.45) is -9.35. The van der Waals surface area contributed by atoms with Crippen LogP contribution < -0.4 is 4.90 Å². The van der Waals surface area contributed by atoms with Gasteiger partial charge >= 0.3 is 12.4 Å². The molecule has 1 aromatic heterocycles. The van der Waals surface area contributed by atoms with Crippen molar-refractivity contribution in [1.82, 2.24) is 4.98 Å². The lowest BCUT2D eigenvalue weighted by molar-refractivity contribution is -0.376. The van der Waals surface area contributed by atoms with Crippen LogP contribution >= 0.6 is 0 Å². The van der Waals surface area contributed by atoms with E-state index in [9.17, 15) is 31.4 Å². The van der Waals surface area contributed by atoms with Gasteiger partial charge in [0.15, 0.2) is 6.39 Å². The molecule has 0 saturated heterocycles. The van der Waals surface area contributed by atoms with E-state index in [1.54, 1.807) is 6.92 Å². The minimum Gasteiger partial charge on any atom is -0.448 e. The van der Waals surface area contributed by atoms with Gasteiger partial charge in [-0.15, -0.1) is 0 Å². The van der Waals surface area contributed by atoms with Crippen LogP contribution in [0.25, 0.3) is 0 Å². The molecule has 0 aliphatic heterocycles. The summed E-state index contributed by atoms with van der Waals surface area (Å²) >= 11 is 0. The molecule has 0 amide bonds. The number of anilines is 1. The van der Waals surface area contributed by atoms with Crippen molar-refractivity contribution in [3.63, 3.8) is 0 Å². The molecule has 4 nitrogen and oxygen atoms in total. The molecule has 0 radical (unpaired) electrons. The number of aryl methyl sites for hydroxylation is 2. The Kier molecular flexibility index (Phi) is 7.30. The lowest BCUT2D eigenvalue weighted by atomic mass is 9.91. The van der Waals surface area contributed by atoms with Crippen LogP contribution in [-0.2, 0) is 12.0 Å². The van der Waals surface area contributed by atoms with Gasteiger partial charge in [0, 0.05) is 17.8 Å². The molecular formula is C24H24F6N2O2. The number of nitrogens with zero attached hydrogens (tertiary/aromatic N) is 2. The van der Waals surface area contributed by atoms with Crippen molar-refractivity contribution in [2.24, 2.45) is 0 Å². The van der Waals surface area contributed by atoms with Crippen LogP contribution in [0.4, 0.5) is 32.0 Å². The van der Waals surface area contributed by atoms with E-state index in [-0.39, 0.29) is 6.04 Å². The Morgan fingerprint density at radius 1 is 0.941 bits per heavy atom. The van der Waals surface area contributed by atoms with Crippen LogP contribution in [-0.4, -0.2) is 29.0 Å². The highest BCUT2D eigenvalue weighted by Crippen LogP contribution is 2.50. The fraction of sp³-hybridized carbons (Fsp3) is 0.375. The average molecular weight is 486 g/mol. The Labute approximate surface area is 192 Å². The first-order chi connectivity index (χ1) is 15.9. The molecule has 0 aliphatic rings. The van der Waals surface area contributed by atoms with Gasteiger partial charge in [0.2, 0.25) is 0 Å². The number of aromatic nitrogens is 1. The summed E-state index contributed by atoms with van der Waals surface area (Å²) in [5.74, 6) is 0.566. The highest BCUT2D eigenvalue weighted by molar-refractivity contribution is 5.51. The number of benzene rings is 2. The summed E-state index contributed by atoms with van der Waals surface area (Å²) < 4.78 is 84.7. The monoisotopic (exact) mass is 486 g/mol. The number of alkyl halides is 6. The van der Waals surface area contributed by atoms with Gasteiger partial charge in [-0.2, -0.15) is 26.3 Å². The molecule has 34 heavy (non-hydrogen) atoms. The highest BCUT2D eigenvalue weighted by atomic mass is 19.4. The van der Waals surface area contributed by atoms with E-state index in [1.165, 1.54) is 6.39 Å². The Bertz CT molecular complexity index is 1050. The Balaban J connectivity index is 1.97. The van der Waals surface area contributed by atoms with Crippen molar-refractivity contribution in [3.05, 3.63) is 83.6 Å². The van der Waals surface area contributed by atoms with E-state index in [1.807, 2.05) is 42.2 Å². The molecular weight excluding hydrogens is 462 g/mol. The molecule has 0 bridgehead atoms. The number of rotatable bonds is 8. The second-order valence-corrected chi connectivity index (χ2v) is 7.87. The first kappa shape index (κ1) is 25.6. The number of hydrogen-bond donors (Lipinski definition) is 1. The van der Waals surface area contributed by atoms with Gasteiger partial charge in [0.25, 0.3) is 5.60 Å². The van der Waals surface area contributed by atoms with E-state index in [0.29, 0.717) is 48.7 Å². The third kappa shape index (κ3) is 4.91. The predicted molar refractivity (Wildman–Crippen MR) is 114 cm³/mol. The van der Waals surface area contributed by atoms with Gasteiger partial charge in [-0.25, -0.2) is 4.98 Å². The first-order valence-electron chi connectivity index (χ1n) is 10.6. The molecule has 0 saturated carbocycles. The predicted octanol–water partition coefficient (Wildman–Crippen LogP) is 6.50. The summed E-state index contributed by atoms with van der Waals surface area (Å²) in [6, 6.07) is 12.9. The molecule has 3 aromatic rings. The summed E-state index contributed by atoms with van der Waals surface area (Å²) in [5, 5.41) is 9.66. The lowest BCUT2D eigenvalue weighted by Gasteiger charge is -2.34. The van der Waals surface area contributed by atoms with Gasteiger partial charge in [0.05, 0.1) is 6.04 Å². The largest absolute Gasteiger partial charge is 0.448 e. The molecule has 1 atom stereocenters. The van der Waals surface area contributed by atoms with Gasteiger partial charge in [-0.05, 0) is 44.4 Å². The molecule has 1 unspecified atom stereocenters. The lowest BCUT2D eigenvalue weighted by Crippen LogP contribution is -2.53. The quantitative estimate of drug-likeness (QED) is 0.370. The van der Waals surface area contributed by atoms with E-state index < -0.39 is 23.5 Å². The zero-order valence-corrected chi connectivity index (χ0v) is 18.5. The molecule has 0 fully saturated rings. The minimum atomic E-state index is -5.94. The maximum atomic E-state index is 13.2.